The lowest BCUT2D eigenvalue weighted by Crippen LogP contribution is -2.53. The quantitative estimate of drug-likeness (QED) is 0.287. The number of carbonyl (C=O) groups is 2. The third-order valence-corrected chi connectivity index (χ3v) is 6.77. The van der Waals surface area contributed by atoms with Crippen molar-refractivity contribution in [1.29, 1.82) is 0 Å². The van der Waals surface area contributed by atoms with Crippen LogP contribution in [0.1, 0.15) is 31.4 Å². The molecule has 0 aliphatic heterocycles. The molecule has 7 heteroatoms. The van der Waals surface area contributed by atoms with Gasteiger partial charge in [0.05, 0.1) is 0 Å². The smallest absolute Gasteiger partial charge is 0.261 e. The molecule has 0 saturated carbocycles. The van der Waals surface area contributed by atoms with Crippen LogP contribution in [0, 0.1) is 0 Å². The van der Waals surface area contributed by atoms with Gasteiger partial charge in [0.1, 0.15) is 11.8 Å². The van der Waals surface area contributed by atoms with Gasteiger partial charge < -0.3 is 15.0 Å². The van der Waals surface area contributed by atoms with Crippen LogP contribution in [-0.2, 0) is 22.6 Å². The molecular formula is C28H30Br2N2O3. The van der Waals surface area contributed by atoms with E-state index in [1.807, 2.05) is 80.6 Å². The highest BCUT2D eigenvalue weighted by molar-refractivity contribution is 9.10. The van der Waals surface area contributed by atoms with Gasteiger partial charge in [-0.2, -0.15) is 0 Å². The Labute approximate surface area is 224 Å². The van der Waals surface area contributed by atoms with E-state index in [0.717, 1.165) is 26.5 Å². The Morgan fingerprint density at radius 1 is 0.886 bits per heavy atom. The van der Waals surface area contributed by atoms with E-state index in [2.05, 4.69) is 37.2 Å². The fourth-order valence-corrected chi connectivity index (χ4v) is 4.07. The highest BCUT2D eigenvalue weighted by Crippen LogP contribution is 2.19. The number of nitrogens with zero attached hydrogens (tertiary/aromatic N) is 1. The summed E-state index contributed by atoms with van der Waals surface area (Å²) in [4.78, 5) is 28.6. The zero-order valence-corrected chi connectivity index (χ0v) is 23.1. The van der Waals surface area contributed by atoms with Gasteiger partial charge in [-0.3, -0.25) is 9.59 Å². The minimum Gasteiger partial charge on any atom is -0.484 e. The maximum Gasteiger partial charge on any atom is 0.261 e. The van der Waals surface area contributed by atoms with Crippen LogP contribution in [0.15, 0.2) is 87.8 Å². The first-order valence-electron chi connectivity index (χ1n) is 11.6. The zero-order chi connectivity index (χ0) is 25.2. The Morgan fingerprint density at radius 3 is 2.09 bits per heavy atom. The summed E-state index contributed by atoms with van der Waals surface area (Å²) in [5, 5.41) is 3.07. The van der Waals surface area contributed by atoms with Crippen molar-refractivity contribution in [3.05, 3.63) is 98.9 Å². The lowest BCUT2D eigenvalue weighted by molar-refractivity contribution is -0.143. The van der Waals surface area contributed by atoms with E-state index in [4.69, 9.17) is 4.74 Å². The standard InChI is InChI=1S/C28H30Br2N2O3/c1-3-20(2)31-28(34)26(17-21-7-5-4-6-8-21)32(18-22-9-11-23(29)12-10-22)27(33)19-35-25-15-13-24(30)14-16-25/h4-16,20,26H,3,17-19H2,1-2H3,(H,31,34). The average molecular weight is 602 g/mol. The summed E-state index contributed by atoms with van der Waals surface area (Å²) < 4.78 is 7.67. The normalized spacial score (nSPS) is 12.5. The number of benzene rings is 3. The first-order valence-corrected chi connectivity index (χ1v) is 13.2. The Hall–Kier alpha value is -2.64. The van der Waals surface area contributed by atoms with Crippen LogP contribution in [0.25, 0.3) is 0 Å². The lowest BCUT2D eigenvalue weighted by atomic mass is 10.0. The van der Waals surface area contributed by atoms with E-state index in [-0.39, 0.29) is 24.5 Å². The fraction of sp³-hybridized carbons (Fsp3) is 0.286. The molecule has 184 valence electrons. The van der Waals surface area contributed by atoms with Crippen LogP contribution in [0.5, 0.6) is 5.75 Å². The third-order valence-electron chi connectivity index (χ3n) is 5.71. The number of nitrogens with one attached hydrogen (secondary N) is 1. The Balaban J connectivity index is 1.89. The first-order chi connectivity index (χ1) is 16.9. The summed E-state index contributed by atoms with van der Waals surface area (Å²) in [7, 11) is 0. The Bertz CT molecular complexity index is 1090. The predicted molar refractivity (Wildman–Crippen MR) is 146 cm³/mol. The topological polar surface area (TPSA) is 58.6 Å². The van der Waals surface area contributed by atoms with Crippen LogP contribution in [0.4, 0.5) is 0 Å². The fourth-order valence-electron chi connectivity index (χ4n) is 3.54. The number of hydrogen-bond donors (Lipinski definition) is 1. The van der Waals surface area contributed by atoms with Crippen LogP contribution < -0.4 is 10.1 Å². The van der Waals surface area contributed by atoms with Crippen LogP contribution in [-0.4, -0.2) is 35.4 Å². The van der Waals surface area contributed by atoms with E-state index < -0.39 is 6.04 Å². The molecule has 3 rings (SSSR count). The molecule has 2 amide bonds. The maximum atomic E-state index is 13.5. The van der Waals surface area contributed by atoms with Gasteiger partial charge in [-0.25, -0.2) is 0 Å². The van der Waals surface area contributed by atoms with Crippen LogP contribution in [0.3, 0.4) is 0 Å². The second-order valence-corrected chi connectivity index (χ2v) is 10.2. The van der Waals surface area contributed by atoms with Crippen LogP contribution in [0.2, 0.25) is 0 Å². The molecule has 0 aromatic heterocycles. The molecular weight excluding hydrogens is 572 g/mol. The van der Waals surface area contributed by atoms with E-state index in [1.165, 1.54) is 0 Å². The van der Waals surface area contributed by atoms with E-state index >= 15 is 0 Å². The summed E-state index contributed by atoms with van der Waals surface area (Å²) in [6, 6.07) is 24.2. The van der Waals surface area contributed by atoms with Gasteiger partial charge in [0, 0.05) is 28.0 Å². The highest BCUT2D eigenvalue weighted by atomic mass is 79.9. The van der Waals surface area contributed by atoms with Crippen molar-refractivity contribution in [2.45, 2.75) is 45.3 Å². The molecule has 2 atom stereocenters. The van der Waals surface area contributed by atoms with E-state index in [1.54, 1.807) is 17.0 Å². The second-order valence-electron chi connectivity index (χ2n) is 8.41. The van der Waals surface area contributed by atoms with Gasteiger partial charge in [-0.1, -0.05) is 81.2 Å². The Kier molecular flexibility index (Phi) is 10.4. The minimum atomic E-state index is -0.684. The first kappa shape index (κ1) is 27.0. The average Bonchev–Trinajstić information content (AvgIpc) is 2.87. The molecule has 0 spiro atoms. The number of carbonyl (C=O) groups excluding carboxylic acids is 2. The molecule has 2 unspecified atom stereocenters. The monoisotopic (exact) mass is 600 g/mol. The van der Waals surface area contributed by atoms with Crippen molar-refractivity contribution in [2.75, 3.05) is 6.61 Å². The molecule has 0 saturated heterocycles. The van der Waals surface area contributed by atoms with Gasteiger partial charge in [-0.05, 0) is 60.9 Å². The molecule has 3 aromatic carbocycles. The molecule has 0 heterocycles. The van der Waals surface area contributed by atoms with Crippen molar-refractivity contribution < 1.29 is 14.3 Å². The largest absolute Gasteiger partial charge is 0.484 e. The zero-order valence-electron chi connectivity index (χ0n) is 19.9. The number of hydrogen-bond acceptors (Lipinski definition) is 3. The van der Waals surface area contributed by atoms with Gasteiger partial charge in [0.2, 0.25) is 5.91 Å². The molecule has 0 radical (unpaired) electrons. The van der Waals surface area contributed by atoms with E-state index in [9.17, 15) is 9.59 Å². The number of ether oxygens (including phenoxy) is 1. The van der Waals surface area contributed by atoms with Crippen molar-refractivity contribution in [1.82, 2.24) is 10.2 Å². The Morgan fingerprint density at radius 2 is 1.49 bits per heavy atom. The lowest BCUT2D eigenvalue weighted by Gasteiger charge is -2.32. The van der Waals surface area contributed by atoms with Crippen LogP contribution >= 0.6 is 31.9 Å². The van der Waals surface area contributed by atoms with Crippen molar-refractivity contribution >= 4 is 43.7 Å². The predicted octanol–water partition coefficient (Wildman–Crippen LogP) is 6.15. The van der Waals surface area contributed by atoms with Gasteiger partial charge in [0.15, 0.2) is 6.61 Å². The summed E-state index contributed by atoms with van der Waals surface area (Å²) >= 11 is 6.86. The molecule has 0 aliphatic rings. The number of halogens is 2. The maximum absolute atomic E-state index is 13.5. The second kappa shape index (κ2) is 13.4. The van der Waals surface area contributed by atoms with Gasteiger partial charge in [0.25, 0.3) is 5.91 Å². The molecule has 0 fully saturated rings. The van der Waals surface area contributed by atoms with E-state index in [0.29, 0.717) is 18.7 Å². The number of amides is 2. The molecule has 0 aliphatic carbocycles. The molecule has 1 N–H and O–H groups in total. The molecule has 0 bridgehead atoms. The minimum absolute atomic E-state index is 0.00409. The van der Waals surface area contributed by atoms with Gasteiger partial charge >= 0.3 is 0 Å². The number of rotatable bonds is 11. The third kappa shape index (κ3) is 8.51. The molecule has 5 nitrogen and oxygen atoms in total. The SMILES string of the molecule is CCC(C)NC(=O)C(Cc1ccccc1)N(Cc1ccc(Br)cc1)C(=O)COc1ccc(Br)cc1. The van der Waals surface area contributed by atoms with Crippen molar-refractivity contribution in [3.63, 3.8) is 0 Å². The summed E-state index contributed by atoms with van der Waals surface area (Å²) in [5.41, 5.74) is 1.92. The van der Waals surface area contributed by atoms with Crippen molar-refractivity contribution in [3.8, 4) is 5.75 Å². The molecule has 3 aromatic rings. The summed E-state index contributed by atoms with van der Waals surface area (Å²) in [6.07, 6.45) is 1.21. The summed E-state index contributed by atoms with van der Waals surface area (Å²) in [6.45, 7) is 4.12. The summed E-state index contributed by atoms with van der Waals surface area (Å²) in [5.74, 6) is 0.169. The molecule has 35 heavy (non-hydrogen) atoms. The highest BCUT2D eigenvalue weighted by Gasteiger charge is 2.31. The van der Waals surface area contributed by atoms with Gasteiger partial charge in [-0.15, -0.1) is 0 Å². The van der Waals surface area contributed by atoms with Crippen molar-refractivity contribution in [2.24, 2.45) is 0 Å².